The number of halogens is 1. The summed E-state index contributed by atoms with van der Waals surface area (Å²) in [6.07, 6.45) is 0. The molecule has 144 valence electrons. The molecule has 2 aromatic rings. The van der Waals surface area contributed by atoms with Crippen LogP contribution in [0.4, 0.5) is 0 Å². The number of thioether (sulfide) groups is 1. The SMILES string of the molecule is CCO.CCOC(=O)C1=C(c2cc3c(Br)c(O)ccc3o2)N2CCN=C2S1. The van der Waals surface area contributed by atoms with E-state index in [-0.39, 0.29) is 18.3 Å². The smallest absolute Gasteiger partial charge is 0.347 e. The zero-order chi connectivity index (χ0) is 19.6. The zero-order valence-corrected chi connectivity index (χ0v) is 17.3. The van der Waals surface area contributed by atoms with Crippen LogP contribution < -0.4 is 0 Å². The number of aliphatic hydroxyl groups is 1. The fourth-order valence-electron chi connectivity index (χ4n) is 2.75. The highest BCUT2D eigenvalue weighted by molar-refractivity contribution is 9.10. The van der Waals surface area contributed by atoms with E-state index in [2.05, 4.69) is 20.9 Å². The molecule has 0 saturated heterocycles. The van der Waals surface area contributed by atoms with Crippen molar-refractivity contribution >= 4 is 55.5 Å². The fraction of sp³-hybridized carbons (Fsp3) is 0.333. The van der Waals surface area contributed by atoms with E-state index >= 15 is 0 Å². The first-order valence-corrected chi connectivity index (χ1v) is 10.1. The summed E-state index contributed by atoms with van der Waals surface area (Å²) in [5.41, 5.74) is 1.30. The van der Waals surface area contributed by atoms with Gasteiger partial charge < -0.3 is 24.3 Å². The fourth-order valence-corrected chi connectivity index (χ4v) is 4.27. The lowest BCUT2D eigenvalue weighted by Crippen LogP contribution is -2.20. The minimum atomic E-state index is -0.378. The predicted octanol–water partition coefficient (Wildman–Crippen LogP) is 3.55. The molecule has 0 atom stereocenters. The van der Waals surface area contributed by atoms with Gasteiger partial charge in [0.1, 0.15) is 21.9 Å². The third-order valence-corrected chi connectivity index (χ3v) is 5.72. The van der Waals surface area contributed by atoms with Crippen molar-refractivity contribution < 1.29 is 24.2 Å². The number of aliphatic hydroxyl groups excluding tert-OH is 1. The Bertz CT molecular complexity index is 937. The van der Waals surface area contributed by atoms with Gasteiger partial charge in [0.2, 0.25) is 0 Å². The first-order valence-electron chi connectivity index (χ1n) is 8.45. The van der Waals surface area contributed by atoms with E-state index in [0.717, 1.165) is 10.6 Å². The van der Waals surface area contributed by atoms with Gasteiger partial charge in [-0.3, -0.25) is 4.99 Å². The quantitative estimate of drug-likeness (QED) is 0.684. The minimum absolute atomic E-state index is 0.138. The van der Waals surface area contributed by atoms with Crippen LogP contribution >= 0.6 is 27.7 Å². The zero-order valence-electron chi connectivity index (χ0n) is 14.9. The Morgan fingerprint density at radius 1 is 1.44 bits per heavy atom. The Kier molecular flexibility index (Phi) is 6.13. The van der Waals surface area contributed by atoms with Crippen molar-refractivity contribution in [1.82, 2.24) is 4.90 Å². The Morgan fingerprint density at radius 2 is 2.19 bits per heavy atom. The molecule has 2 N–H and O–H groups in total. The van der Waals surface area contributed by atoms with Crippen molar-refractivity contribution in [3.05, 3.63) is 33.3 Å². The second-order valence-electron chi connectivity index (χ2n) is 5.55. The number of benzene rings is 1. The minimum Gasteiger partial charge on any atom is -0.507 e. The number of rotatable bonds is 3. The number of fused-ring (bicyclic) bond motifs is 2. The average molecular weight is 455 g/mol. The second kappa shape index (κ2) is 8.37. The summed E-state index contributed by atoms with van der Waals surface area (Å²) in [6, 6.07) is 5.08. The number of carbonyl (C=O) groups is 1. The van der Waals surface area contributed by atoms with Gasteiger partial charge in [0.05, 0.1) is 17.6 Å². The molecule has 0 saturated carbocycles. The third kappa shape index (κ3) is 3.71. The number of ether oxygens (including phenoxy) is 1. The van der Waals surface area contributed by atoms with E-state index in [0.29, 0.717) is 46.1 Å². The molecule has 2 aliphatic heterocycles. The number of hydrogen-bond donors (Lipinski definition) is 2. The summed E-state index contributed by atoms with van der Waals surface area (Å²) >= 11 is 4.68. The molecule has 0 bridgehead atoms. The Balaban J connectivity index is 0.000000659. The lowest BCUT2D eigenvalue weighted by molar-refractivity contribution is -0.137. The maximum absolute atomic E-state index is 12.3. The molecule has 27 heavy (non-hydrogen) atoms. The standard InChI is InChI=1S/C16H13BrN2O4S.C2H6O/c1-2-22-15(21)14-13(19-6-5-18-16(19)24-14)11-7-8-10(23-11)4-3-9(20)12(8)17;1-2-3/h3-4,7,20H,2,5-6H2,1H3;3H,2H2,1H3. The number of amidine groups is 1. The molecule has 1 aromatic heterocycles. The van der Waals surface area contributed by atoms with Crippen molar-refractivity contribution in [2.24, 2.45) is 4.99 Å². The number of furan rings is 1. The highest BCUT2D eigenvalue weighted by Crippen LogP contribution is 2.44. The third-order valence-electron chi connectivity index (χ3n) is 3.79. The summed E-state index contributed by atoms with van der Waals surface area (Å²) in [5.74, 6) is 0.314. The summed E-state index contributed by atoms with van der Waals surface area (Å²) in [5, 5.41) is 18.9. The van der Waals surface area contributed by atoms with E-state index in [1.165, 1.54) is 11.8 Å². The highest BCUT2D eigenvalue weighted by Gasteiger charge is 2.38. The largest absolute Gasteiger partial charge is 0.507 e. The summed E-state index contributed by atoms with van der Waals surface area (Å²) in [7, 11) is 0. The number of esters is 1. The van der Waals surface area contributed by atoms with Gasteiger partial charge in [0.25, 0.3) is 0 Å². The van der Waals surface area contributed by atoms with Crippen LogP contribution in [0, 0.1) is 0 Å². The van der Waals surface area contributed by atoms with Crippen molar-refractivity contribution in [3.8, 4) is 5.75 Å². The van der Waals surface area contributed by atoms with E-state index in [1.807, 2.05) is 11.0 Å². The van der Waals surface area contributed by atoms with Crippen LogP contribution in [0.2, 0.25) is 0 Å². The van der Waals surface area contributed by atoms with E-state index < -0.39 is 0 Å². The monoisotopic (exact) mass is 454 g/mol. The number of hydrogen-bond acceptors (Lipinski definition) is 8. The van der Waals surface area contributed by atoms with E-state index in [4.69, 9.17) is 14.3 Å². The molecular formula is C18H19BrN2O5S. The first-order chi connectivity index (χ1) is 13.0. The van der Waals surface area contributed by atoms with Crippen molar-refractivity contribution in [2.75, 3.05) is 26.3 Å². The van der Waals surface area contributed by atoms with Crippen molar-refractivity contribution in [1.29, 1.82) is 0 Å². The number of phenols is 1. The van der Waals surface area contributed by atoms with Crippen molar-refractivity contribution in [3.63, 3.8) is 0 Å². The maximum Gasteiger partial charge on any atom is 0.347 e. The number of carbonyl (C=O) groups excluding carboxylic acids is 1. The predicted molar refractivity (Wildman–Crippen MR) is 108 cm³/mol. The molecule has 2 aliphatic rings. The van der Waals surface area contributed by atoms with Crippen LogP contribution in [0.3, 0.4) is 0 Å². The molecule has 7 nitrogen and oxygen atoms in total. The van der Waals surface area contributed by atoms with Gasteiger partial charge in [-0.15, -0.1) is 0 Å². The lowest BCUT2D eigenvalue weighted by Gasteiger charge is -2.14. The highest BCUT2D eigenvalue weighted by atomic mass is 79.9. The van der Waals surface area contributed by atoms with Gasteiger partial charge in [0, 0.05) is 18.5 Å². The van der Waals surface area contributed by atoms with Gasteiger partial charge in [-0.05, 0) is 59.7 Å². The van der Waals surface area contributed by atoms with Crippen LogP contribution in [0.1, 0.15) is 19.6 Å². The number of phenolic OH excluding ortho intramolecular Hbond substituents is 1. The normalized spacial score (nSPS) is 15.6. The molecular weight excluding hydrogens is 436 g/mol. The molecule has 0 fully saturated rings. The first kappa shape index (κ1) is 19.8. The lowest BCUT2D eigenvalue weighted by atomic mass is 10.2. The van der Waals surface area contributed by atoms with Crippen LogP contribution in [-0.2, 0) is 9.53 Å². The molecule has 0 spiro atoms. The van der Waals surface area contributed by atoms with Crippen LogP contribution in [-0.4, -0.2) is 52.6 Å². The van der Waals surface area contributed by atoms with E-state index in [1.54, 1.807) is 26.0 Å². The number of aliphatic imine (C=N–C) groups is 1. The Hall–Kier alpha value is -1.97. The molecule has 9 heteroatoms. The average Bonchev–Trinajstić information content (AvgIpc) is 3.32. The maximum atomic E-state index is 12.3. The molecule has 0 amide bonds. The van der Waals surface area contributed by atoms with Gasteiger partial charge in [0.15, 0.2) is 10.9 Å². The molecule has 0 aliphatic carbocycles. The Morgan fingerprint density at radius 3 is 2.89 bits per heavy atom. The molecule has 3 heterocycles. The molecule has 1 aromatic carbocycles. The summed E-state index contributed by atoms with van der Waals surface area (Å²) in [4.78, 5) is 19.2. The van der Waals surface area contributed by atoms with Crippen LogP contribution in [0.15, 0.2) is 37.0 Å². The number of nitrogens with zero attached hydrogens (tertiary/aromatic N) is 2. The van der Waals surface area contributed by atoms with Crippen LogP contribution in [0.25, 0.3) is 16.7 Å². The van der Waals surface area contributed by atoms with E-state index in [9.17, 15) is 9.90 Å². The molecule has 4 rings (SSSR count). The number of aromatic hydroxyl groups is 1. The molecule has 0 unspecified atom stereocenters. The Labute approximate surface area is 168 Å². The summed E-state index contributed by atoms with van der Waals surface area (Å²) < 4.78 is 11.7. The van der Waals surface area contributed by atoms with Gasteiger partial charge in [-0.1, -0.05) is 0 Å². The second-order valence-corrected chi connectivity index (χ2v) is 7.32. The topological polar surface area (TPSA) is 95.5 Å². The summed E-state index contributed by atoms with van der Waals surface area (Å²) in [6.45, 7) is 5.40. The van der Waals surface area contributed by atoms with Crippen molar-refractivity contribution in [2.45, 2.75) is 13.8 Å². The van der Waals surface area contributed by atoms with Gasteiger partial charge >= 0.3 is 5.97 Å². The van der Waals surface area contributed by atoms with Gasteiger partial charge in [-0.25, -0.2) is 4.79 Å². The molecule has 0 radical (unpaired) electrons. The van der Waals surface area contributed by atoms with Crippen LogP contribution in [0.5, 0.6) is 5.75 Å². The van der Waals surface area contributed by atoms with Gasteiger partial charge in [-0.2, -0.15) is 0 Å².